The van der Waals surface area contributed by atoms with E-state index >= 15 is 0 Å². The fraction of sp³-hybridized carbons (Fsp3) is 0.583. The Morgan fingerprint density at radius 2 is 1.66 bits per heavy atom. The van der Waals surface area contributed by atoms with Crippen LogP contribution in [0.2, 0.25) is 0 Å². The zero-order valence-corrected chi connectivity index (χ0v) is 21.5. The highest BCUT2D eigenvalue weighted by molar-refractivity contribution is 5.91. The molecular weight excluding hydrogens is 456 g/mol. The second-order valence-corrected chi connectivity index (χ2v) is 9.21. The lowest BCUT2D eigenvalue weighted by Crippen LogP contribution is -2.53. The summed E-state index contributed by atoms with van der Waals surface area (Å²) in [5, 5.41) is 17.9. The SMILES string of the molecule is CCC[C@H](NC(=O)OC(C)(C)C)C(O)C(=O)NCC(=O)N[C@H](C(=O)N(C)C)c1ccc(OC)cc1. The van der Waals surface area contributed by atoms with Gasteiger partial charge in [0.2, 0.25) is 11.8 Å². The lowest BCUT2D eigenvalue weighted by molar-refractivity contribution is -0.135. The first-order valence-electron chi connectivity index (χ1n) is 11.4. The van der Waals surface area contributed by atoms with Crippen molar-refractivity contribution in [3.8, 4) is 5.75 Å². The van der Waals surface area contributed by atoms with Gasteiger partial charge in [0.1, 0.15) is 17.4 Å². The highest BCUT2D eigenvalue weighted by Crippen LogP contribution is 2.19. The Hall–Kier alpha value is -3.34. The van der Waals surface area contributed by atoms with Gasteiger partial charge in [0.25, 0.3) is 5.91 Å². The van der Waals surface area contributed by atoms with Crippen LogP contribution in [-0.4, -0.2) is 79.3 Å². The van der Waals surface area contributed by atoms with Crippen LogP contribution in [0.15, 0.2) is 24.3 Å². The molecule has 4 amide bonds. The normalized spacial score (nSPS) is 13.6. The van der Waals surface area contributed by atoms with Crippen LogP contribution in [0, 0.1) is 0 Å². The van der Waals surface area contributed by atoms with E-state index in [-0.39, 0.29) is 5.91 Å². The number of aliphatic hydroxyl groups is 1. The monoisotopic (exact) mass is 494 g/mol. The molecule has 0 fully saturated rings. The summed E-state index contributed by atoms with van der Waals surface area (Å²) >= 11 is 0. The molecule has 3 atom stereocenters. The molecule has 0 saturated heterocycles. The van der Waals surface area contributed by atoms with Crippen molar-refractivity contribution in [2.45, 2.75) is 64.3 Å². The first kappa shape index (κ1) is 29.7. The number of carbonyl (C=O) groups excluding carboxylic acids is 4. The van der Waals surface area contributed by atoms with Gasteiger partial charge in [-0.05, 0) is 44.9 Å². The minimum Gasteiger partial charge on any atom is -0.497 e. The maximum Gasteiger partial charge on any atom is 0.407 e. The van der Waals surface area contributed by atoms with Gasteiger partial charge in [-0.3, -0.25) is 14.4 Å². The topological polar surface area (TPSA) is 146 Å². The lowest BCUT2D eigenvalue weighted by Gasteiger charge is -2.26. The molecule has 0 spiro atoms. The Kier molecular flexibility index (Phi) is 11.5. The number of amides is 4. The summed E-state index contributed by atoms with van der Waals surface area (Å²) in [6.07, 6.45) is -1.46. The average molecular weight is 495 g/mol. The molecule has 1 aromatic carbocycles. The van der Waals surface area contributed by atoms with Crippen LogP contribution in [0.4, 0.5) is 4.79 Å². The molecule has 0 aliphatic heterocycles. The molecule has 196 valence electrons. The van der Waals surface area contributed by atoms with E-state index in [1.165, 1.54) is 12.0 Å². The van der Waals surface area contributed by atoms with Crippen molar-refractivity contribution in [2.24, 2.45) is 0 Å². The van der Waals surface area contributed by atoms with Gasteiger partial charge >= 0.3 is 6.09 Å². The van der Waals surface area contributed by atoms with Gasteiger partial charge in [-0.15, -0.1) is 0 Å². The highest BCUT2D eigenvalue weighted by atomic mass is 16.6. The molecule has 1 aromatic rings. The van der Waals surface area contributed by atoms with Gasteiger partial charge in [-0.25, -0.2) is 4.79 Å². The number of carbonyl (C=O) groups is 4. The Bertz CT molecular complexity index is 866. The Labute approximate surface area is 206 Å². The number of aliphatic hydroxyl groups excluding tert-OH is 1. The second-order valence-electron chi connectivity index (χ2n) is 9.21. The van der Waals surface area contributed by atoms with E-state index in [9.17, 15) is 24.3 Å². The average Bonchev–Trinajstić information content (AvgIpc) is 2.78. The minimum atomic E-state index is -1.60. The van der Waals surface area contributed by atoms with E-state index in [4.69, 9.17) is 9.47 Å². The first-order valence-corrected chi connectivity index (χ1v) is 11.4. The van der Waals surface area contributed by atoms with Gasteiger partial charge in [0.05, 0.1) is 19.7 Å². The van der Waals surface area contributed by atoms with Crippen molar-refractivity contribution < 1.29 is 33.8 Å². The summed E-state index contributed by atoms with van der Waals surface area (Å²) in [7, 11) is 4.65. The van der Waals surface area contributed by atoms with E-state index in [1.54, 1.807) is 59.1 Å². The molecule has 0 radical (unpaired) electrons. The molecule has 0 saturated carbocycles. The molecule has 0 aliphatic carbocycles. The van der Waals surface area contributed by atoms with Crippen LogP contribution in [0.25, 0.3) is 0 Å². The van der Waals surface area contributed by atoms with Gasteiger partial charge in [-0.1, -0.05) is 25.5 Å². The van der Waals surface area contributed by atoms with Crippen molar-refractivity contribution in [3.05, 3.63) is 29.8 Å². The lowest BCUT2D eigenvalue weighted by atomic mass is 10.0. The number of hydrogen-bond donors (Lipinski definition) is 4. The van der Waals surface area contributed by atoms with Crippen LogP contribution in [0.5, 0.6) is 5.75 Å². The molecule has 0 bridgehead atoms. The molecule has 35 heavy (non-hydrogen) atoms. The molecule has 0 aromatic heterocycles. The van der Waals surface area contributed by atoms with E-state index < -0.39 is 48.2 Å². The maximum absolute atomic E-state index is 12.6. The molecule has 1 unspecified atom stereocenters. The van der Waals surface area contributed by atoms with Crippen LogP contribution in [0.3, 0.4) is 0 Å². The number of ether oxygens (including phenoxy) is 2. The van der Waals surface area contributed by atoms with E-state index in [1.807, 2.05) is 6.92 Å². The Morgan fingerprint density at radius 1 is 1.06 bits per heavy atom. The minimum absolute atomic E-state index is 0.316. The van der Waals surface area contributed by atoms with Gasteiger partial charge in [0.15, 0.2) is 6.10 Å². The fourth-order valence-corrected chi connectivity index (χ4v) is 3.09. The van der Waals surface area contributed by atoms with Gasteiger partial charge in [0, 0.05) is 14.1 Å². The number of nitrogens with one attached hydrogen (secondary N) is 3. The molecule has 11 heteroatoms. The van der Waals surface area contributed by atoms with Gasteiger partial charge in [-0.2, -0.15) is 0 Å². The summed E-state index contributed by atoms with van der Waals surface area (Å²) < 4.78 is 10.3. The smallest absolute Gasteiger partial charge is 0.407 e. The zero-order valence-electron chi connectivity index (χ0n) is 21.5. The van der Waals surface area contributed by atoms with Crippen LogP contribution < -0.4 is 20.7 Å². The summed E-state index contributed by atoms with van der Waals surface area (Å²) in [6.45, 7) is 6.45. The predicted molar refractivity (Wildman–Crippen MR) is 130 cm³/mol. The predicted octanol–water partition coefficient (Wildman–Crippen LogP) is 1.11. The van der Waals surface area contributed by atoms with Crippen molar-refractivity contribution in [2.75, 3.05) is 27.7 Å². The summed E-state index contributed by atoms with van der Waals surface area (Å²) in [6, 6.07) is 4.77. The third-order valence-electron chi connectivity index (χ3n) is 4.82. The molecule has 11 nitrogen and oxygen atoms in total. The molecule has 4 N–H and O–H groups in total. The molecule has 0 heterocycles. The van der Waals surface area contributed by atoms with Crippen molar-refractivity contribution >= 4 is 23.8 Å². The molecular formula is C24H38N4O7. The van der Waals surface area contributed by atoms with Crippen molar-refractivity contribution in [1.82, 2.24) is 20.9 Å². The van der Waals surface area contributed by atoms with Crippen LogP contribution in [0.1, 0.15) is 52.1 Å². The van der Waals surface area contributed by atoms with E-state index in [0.29, 0.717) is 24.2 Å². The number of hydrogen-bond acceptors (Lipinski definition) is 7. The molecule has 0 aliphatic rings. The first-order chi connectivity index (χ1) is 16.3. The van der Waals surface area contributed by atoms with Crippen molar-refractivity contribution in [1.29, 1.82) is 0 Å². The standard InChI is InChI=1S/C24H38N4O7/c1-8-9-17(26-23(33)35-24(2,3)4)20(30)21(31)25-14-18(29)27-19(22(32)28(5)6)15-10-12-16(34-7)13-11-15/h10-13,17,19-20,30H,8-9,14H2,1-7H3,(H,25,31)(H,26,33)(H,27,29)/t17-,19-,20?/m0/s1. The quantitative estimate of drug-likeness (QED) is 0.360. The number of likely N-dealkylation sites (N-methyl/N-ethyl adjacent to an activating group) is 1. The van der Waals surface area contributed by atoms with Crippen LogP contribution >= 0.6 is 0 Å². The largest absolute Gasteiger partial charge is 0.497 e. The number of nitrogens with zero attached hydrogens (tertiary/aromatic N) is 1. The summed E-state index contributed by atoms with van der Waals surface area (Å²) in [4.78, 5) is 51.1. The third-order valence-corrected chi connectivity index (χ3v) is 4.82. The molecule has 1 rings (SSSR count). The number of methoxy groups -OCH3 is 1. The second kappa shape index (κ2) is 13.5. The third kappa shape index (κ3) is 10.2. The Balaban J connectivity index is 2.80. The summed E-state index contributed by atoms with van der Waals surface area (Å²) in [5.41, 5.74) is -0.204. The number of benzene rings is 1. The van der Waals surface area contributed by atoms with Gasteiger partial charge < -0.3 is 35.4 Å². The number of rotatable bonds is 11. The Morgan fingerprint density at radius 3 is 2.14 bits per heavy atom. The number of alkyl carbamates (subject to hydrolysis) is 1. The zero-order chi connectivity index (χ0) is 26.8. The maximum atomic E-state index is 12.6. The van der Waals surface area contributed by atoms with E-state index in [0.717, 1.165) is 0 Å². The fourth-order valence-electron chi connectivity index (χ4n) is 3.09. The van der Waals surface area contributed by atoms with Crippen molar-refractivity contribution in [3.63, 3.8) is 0 Å². The highest BCUT2D eigenvalue weighted by Gasteiger charge is 2.30. The van der Waals surface area contributed by atoms with E-state index in [2.05, 4.69) is 16.0 Å². The van der Waals surface area contributed by atoms with Crippen LogP contribution in [-0.2, 0) is 19.1 Å². The summed E-state index contributed by atoms with van der Waals surface area (Å²) in [5.74, 6) is -1.23.